The van der Waals surface area contributed by atoms with E-state index in [9.17, 15) is 14.7 Å². The standard InChI is InChI=1S/C12H26N4O3/c1-2-3-4-5-6-10(17)7-9(12(19)16-14)8-11(18)15-13/h9-10,17H,2-8,13-14H2,1H3,(H,15,18)(H,16,19). The van der Waals surface area contributed by atoms with E-state index in [0.717, 1.165) is 25.7 Å². The summed E-state index contributed by atoms with van der Waals surface area (Å²) in [6, 6.07) is 0. The van der Waals surface area contributed by atoms with Gasteiger partial charge in [-0.1, -0.05) is 32.6 Å². The molecule has 0 bridgehead atoms. The average molecular weight is 274 g/mol. The second kappa shape index (κ2) is 10.7. The number of nitrogens with one attached hydrogen (secondary N) is 2. The van der Waals surface area contributed by atoms with Crippen molar-refractivity contribution >= 4 is 11.8 Å². The maximum Gasteiger partial charge on any atom is 0.237 e. The van der Waals surface area contributed by atoms with Gasteiger partial charge in [-0.25, -0.2) is 11.7 Å². The zero-order valence-electron chi connectivity index (χ0n) is 11.5. The van der Waals surface area contributed by atoms with Gasteiger partial charge in [-0.3, -0.25) is 20.4 Å². The lowest BCUT2D eigenvalue weighted by molar-refractivity contribution is -0.131. The van der Waals surface area contributed by atoms with Crippen LogP contribution in [0.1, 0.15) is 51.9 Å². The third-order valence-corrected chi connectivity index (χ3v) is 3.05. The second-order valence-electron chi connectivity index (χ2n) is 4.72. The molecule has 2 unspecified atom stereocenters. The highest BCUT2D eigenvalue weighted by Crippen LogP contribution is 2.16. The van der Waals surface area contributed by atoms with Gasteiger partial charge in [0.05, 0.1) is 12.0 Å². The van der Waals surface area contributed by atoms with E-state index >= 15 is 0 Å². The molecule has 0 fully saturated rings. The predicted molar refractivity (Wildman–Crippen MR) is 72.2 cm³/mol. The van der Waals surface area contributed by atoms with Crippen molar-refractivity contribution in [2.75, 3.05) is 0 Å². The summed E-state index contributed by atoms with van der Waals surface area (Å²) in [4.78, 5) is 22.7. The molecule has 19 heavy (non-hydrogen) atoms. The predicted octanol–water partition coefficient (Wildman–Crippen LogP) is -0.306. The number of aliphatic hydroxyl groups excluding tert-OH is 1. The minimum Gasteiger partial charge on any atom is -0.393 e. The molecule has 112 valence electrons. The Morgan fingerprint density at radius 1 is 1.16 bits per heavy atom. The maximum absolute atomic E-state index is 11.5. The van der Waals surface area contributed by atoms with E-state index in [4.69, 9.17) is 11.7 Å². The van der Waals surface area contributed by atoms with Crippen LogP contribution in [-0.2, 0) is 9.59 Å². The fraction of sp³-hybridized carbons (Fsp3) is 0.833. The average Bonchev–Trinajstić information content (AvgIpc) is 2.41. The number of rotatable bonds is 10. The van der Waals surface area contributed by atoms with Crippen molar-refractivity contribution < 1.29 is 14.7 Å². The van der Waals surface area contributed by atoms with Crippen LogP contribution in [0.5, 0.6) is 0 Å². The second-order valence-corrected chi connectivity index (χ2v) is 4.72. The number of amides is 2. The van der Waals surface area contributed by atoms with Gasteiger partial charge in [0.15, 0.2) is 0 Å². The van der Waals surface area contributed by atoms with Crippen LogP contribution < -0.4 is 22.5 Å². The summed E-state index contributed by atoms with van der Waals surface area (Å²) in [6.07, 6.45) is 4.39. The molecule has 0 aromatic carbocycles. The number of carbonyl (C=O) groups is 2. The van der Waals surface area contributed by atoms with Gasteiger partial charge >= 0.3 is 0 Å². The molecule has 0 radical (unpaired) electrons. The van der Waals surface area contributed by atoms with Gasteiger partial charge < -0.3 is 5.11 Å². The Balaban J connectivity index is 4.15. The summed E-state index contributed by atoms with van der Waals surface area (Å²) in [5.41, 5.74) is 3.97. The summed E-state index contributed by atoms with van der Waals surface area (Å²) in [5, 5.41) is 9.87. The van der Waals surface area contributed by atoms with Crippen LogP contribution in [-0.4, -0.2) is 23.0 Å². The van der Waals surface area contributed by atoms with Gasteiger partial charge in [0, 0.05) is 6.42 Å². The lowest BCUT2D eigenvalue weighted by Gasteiger charge is -2.18. The Morgan fingerprint density at radius 3 is 2.37 bits per heavy atom. The molecule has 7 heteroatoms. The quantitative estimate of drug-likeness (QED) is 0.161. The highest BCUT2D eigenvalue weighted by atomic mass is 16.3. The van der Waals surface area contributed by atoms with E-state index in [1.807, 2.05) is 10.9 Å². The molecule has 7 nitrogen and oxygen atoms in total. The molecule has 2 atom stereocenters. The number of unbranched alkanes of at least 4 members (excludes halogenated alkanes) is 3. The summed E-state index contributed by atoms with van der Waals surface area (Å²) in [7, 11) is 0. The third-order valence-electron chi connectivity index (χ3n) is 3.05. The molecule has 0 saturated heterocycles. The Hall–Kier alpha value is -1.18. The zero-order chi connectivity index (χ0) is 14.7. The van der Waals surface area contributed by atoms with Crippen molar-refractivity contribution in [3.63, 3.8) is 0 Å². The maximum atomic E-state index is 11.5. The monoisotopic (exact) mass is 274 g/mol. The first kappa shape index (κ1) is 17.8. The van der Waals surface area contributed by atoms with E-state index in [0.29, 0.717) is 6.42 Å². The lowest BCUT2D eigenvalue weighted by Crippen LogP contribution is -2.41. The van der Waals surface area contributed by atoms with Crippen LogP contribution in [0.2, 0.25) is 0 Å². The molecule has 0 rings (SSSR count). The largest absolute Gasteiger partial charge is 0.393 e. The molecular formula is C12H26N4O3. The summed E-state index contributed by atoms with van der Waals surface area (Å²) < 4.78 is 0. The van der Waals surface area contributed by atoms with E-state index in [1.54, 1.807) is 0 Å². The molecule has 0 aliphatic carbocycles. The summed E-state index contributed by atoms with van der Waals surface area (Å²) in [6.45, 7) is 2.11. The highest BCUT2D eigenvalue weighted by molar-refractivity contribution is 5.85. The first-order valence-corrected chi connectivity index (χ1v) is 6.73. The fourth-order valence-electron chi connectivity index (χ4n) is 1.94. The third kappa shape index (κ3) is 8.52. The van der Waals surface area contributed by atoms with Gasteiger partial charge in [0.1, 0.15) is 0 Å². The van der Waals surface area contributed by atoms with Gasteiger partial charge in [0.25, 0.3) is 0 Å². The molecule has 0 aliphatic heterocycles. The Labute approximate surface area is 114 Å². The Kier molecular flexibility index (Phi) is 10.1. The molecule has 0 aromatic heterocycles. The Bertz CT molecular complexity index is 274. The number of nitrogens with two attached hydrogens (primary N) is 2. The van der Waals surface area contributed by atoms with Crippen molar-refractivity contribution in [3.05, 3.63) is 0 Å². The smallest absolute Gasteiger partial charge is 0.237 e. The number of aliphatic hydroxyl groups is 1. The van der Waals surface area contributed by atoms with E-state index in [-0.39, 0.29) is 12.8 Å². The fourth-order valence-corrected chi connectivity index (χ4v) is 1.94. The summed E-state index contributed by atoms with van der Waals surface area (Å²) >= 11 is 0. The first-order valence-electron chi connectivity index (χ1n) is 6.73. The van der Waals surface area contributed by atoms with E-state index < -0.39 is 23.8 Å². The van der Waals surface area contributed by atoms with Gasteiger partial charge in [-0.15, -0.1) is 0 Å². The number of hydrogen-bond donors (Lipinski definition) is 5. The van der Waals surface area contributed by atoms with Crippen LogP contribution in [0.4, 0.5) is 0 Å². The van der Waals surface area contributed by atoms with Gasteiger partial charge in [0.2, 0.25) is 11.8 Å². The molecular weight excluding hydrogens is 248 g/mol. The van der Waals surface area contributed by atoms with Crippen LogP contribution >= 0.6 is 0 Å². The van der Waals surface area contributed by atoms with Crippen molar-refractivity contribution in [1.82, 2.24) is 10.9 Å². The number of carbonyl (C=O) groups excluding carboxylic acids is 2. The minimum atomic E-state index is -0.658. The molecule has 0 aromatic rings. The SMILES string of the molecule is CCCCCCC(O)CC(CC(=O)NN)C(=O)NN. The zero-order valence-corrected chi connectivity index (χ0v) is 11.5. The lowest BCUT2D eigenvalue weighted by atomic mass is 9.94. The summed E-state index contributed by atoms with van der Waals surface area (Å²) in [5.74, 6) is 8.47. The molecule has 0 aliphatic rings. The Morgan fingerprint density at radius 2 is 1.84 bits per heavy atom. The molecule has 0 spiro atoms. The molecule has 0 saturated carbocycles. The number of hydrazine groups is 2. The van der Waals surface area contributed by atoms with Crippen LogP contribution in [0.25, 0.3) is 0 Å². The van der Waals surface area contributed by atoms with Crippen molar-refractivity contribution in [2.45, 2.75) is 58.0 Å². The van der Waals surface area contributed by atoms with Crippen LogP contribution in [0.3, 0.4) is 0 Å². The normalized spacial score (nSPS) is 13.7. The molecule has 0 heterocycles. The van der Waals surface area contributed by atoms with E-state index in [2.05, 4.69) is 6.92 Å². The van der Waals surface area contributed by atoms with Crippen LogP contribution in [0, 0.1) is 5.92 Å². The minimum absolute atomic E-state index is 0.0778. The molecule has 7 N–H and O–H groups in total. The van der Waals surface area contributed by atoms with Crippen molar-refractivity contribution in [3.8, 4) is 0 Å². The highest BCUT2D eigenvalue weighted by Gasteiger charge is 2.23. The topological polar surface area (TPSA) is 130 Å². The van der Waals surface area contributed by atoms with E-state index in [1.165, 1.54) is 0 Å². The number of hydrogen-bond acceptors (Lipinski definition) is 5. The van der Waals surface area contributed by atoms with Crippen LogP contribution in [0.15, 0.2) is 0 Å². The van der Waals surface area contributed by atoms with Crippen molar-refractivity contribution in [1.29, 1.82) is 0 Å². The first-order chi connectivity index (χ1) is 9.04. The van der Waals surface area contributed by atoms with Gasteiger partial charge in [-0.05, 0) is 12.8 Å². The molecule has 2 amide bonds. The van der Waals surface area contributed by atoms with Crippen molar-refractivity contribution in [2.24, 2.45) is 17.6 Å². The van der Waals surface area contributed by atoms with Gasteiger partial charge in [-0.2, -0.15) is 0 Å².